The van der Waals surface area contributed by atoms with Crippen LogP contribution in [0.1, 0.15) is 11.3 Å². The minimum atomic E-state index is 0.618. The van der Waals surface area contributed by atoms with E-state index in [0.29, 0.717) is 12.4 Å². The predicted molar refractivity (Wildman–Crippen MR) is 65.1 cm³/mol. The van der Waals surface area contributed by atoms with Gasteiger partial charge in [0.15, 0.2) is 0 Å². The van der Waals surface area contributed by atoms with Crippen LogP contribution in [-0.2, 0) is 13.6 Å². The Labute approximate surface area is 99.0 Å². The Kier molecular flexibility index (Phi) is 3.20. The highest BCUT2D eigenvalue weighted by molar-refractivity contribution is 5.55. The first-order chi connectivity index (χ1) is 8.22. The van der Waals surface area contributed by atoms with E-state index >= 15 is 0 Å². The largest absolute Gasteiger partial charge is 0.364 e. The van der Waals surface area contributed by atoms with E-state index in [-0.39, 0.29) is 0 Å². The van der Waals surface area contributed by atoms with E-state index in [1.165, 1.54) is 6.33 Å². The fraction of sp³-hybridized carbons (Fsp3) is 0.300. The Balaban J connectivity index is 2.12. The van der Waals surface area contributed by atoms with Crippen molar-refractivity contribution in [1.82, 2.24) is 19.7 Å². The predicted octanol–water partition coefficient (Wildman–Crippen LogP) is 0.416. The zero-order valence-electron chi connectivity index (χ0n) is 9.81. The molecule has 0 amide bonds. The lowest BCUT2D eigenvalue weighted by Crippen LogP contribution is -2.13. The quantitative estimate of drug-likeness (QED) is 0.523. The third-order valence-corrected chi connectivity index (χ3v) is 2.58. The van der Waals surface area contributed by atoms with Crippen LogP contribution in [0.2, 0.25) is 0 Å². The molecule has 0 unspecified atom stereocenters. The van der Waals surface area contributed by atoms with Crippen molar-refractivity contribution in [2.75, 3.05) is 10.7 Å². The number of hydrogen-bond acceptors (Lipinski definition) is 6. The van der Waals surface area contributed by atoms with Crippen LogP contribution in [-0.4, -0.2) is 19.7 Å². The lowest BCUT2D eigenvalue weighted by Gasteiger charge is -2.10. The Hall–Kier alpha value is -2.15. The maximum atomic E-state index is 5.35. The zero-order valence-corrected chi connectivity index (χ0v) is 9.81. The lowest BCUT2D eigenvalue weighted by atomic mass is 10.3. The number of hydrazine groups is 1. The molecule has 2 aromatic rings. The molecule has 2 aromatic heterocycles. The molecule has 0 atom stereocenters. The monoisotopic (exact) mass is 233 g/mol. The van der Waals surface area contributed by atoms with Crippen molar-refractivity contribution in [2.45, 2.75) is 13.5 Å². The Morgan fingerprint density at radius 3 is 2.76 bits per heavy atom. The molecule has 90 valence electrons. The minimum Gasteiger partial charge on any atom is -0.364 e. The topological polar surface area (TPSA) is 93.7 Å². The van der Waals surface area contributed by atoms with Gasteiger partial charge in [0.25, 0.3) is 0 Å². The smallest absolute Gasteiger partial charge is 0.148 e. The average molecular weight is 233 g/mol. The molecule has 7 nitrogen and oxygen atoms in total. The first kappa shape index (κ1) is 11.3. The summed E-state index contributed by atoms with van der Waals surface area (Å²) in [5.41, 5.74) is 4.49. The second kappa shape index (κ2) is 4.79. The molecule has 0 fully saturated rings. The Morgan fingerprint density at radius 2 is 2.12 bits per heavy atom. The summed E-state index contributed by atoms with van der Waals surface area (Å²) in [5.74, 6) is 6.73. The van der Waals surface area contributed by atoms with E-state index in [9.17, 15) is 0 Å². The van der Waals surface area contributed by atoms with Crippen molar-refractivity contribution in [3.63, 3.8) is 0 Å². The summed E-state index contributed by atoms with van der Waals surface area (Å²) in [6, 6.07) is 1.95. The van der Waals surface area contributed by atoms with Crippen molar-refractivity contribution in [3.8, 4) is 0 Å². The summed E-state index contributed by atoms with van der Waals surface area (Å²) in [7, 11) is 1.90. The highest BCUT2D eigenvalue weighted by Crippen LogP contribution is 2.17. The maximum absolute atomic E-state index is 5.35. The van der Waals surface area contributed by atoms with Crippen LogP contribution in [0.15, 0.2) is 18.6 Å². The fourth-order valence-electron chi connectivity index (χ4n) is 1.52. The highest BCUT2D eigenvalue weighted by atomic mass is 15.3. The van der Waals surface area contributed by atoms with E-state index in [4.69, 9.17) is 5.84 Å². The summed E-state index contributed by atoms with van der Waals surface area (Å²) < 4.78 is 1.81. The van der Waals surface area contributed by atoms with Gasteiger partial charge in [0, 0.05) is 18.8 Å². The lowest BCUT2D eigenvalue weighted by molar-refractivity contribution is 0.719. The molecule has 7 heteroatoms. The first-order valence-electron chi connectivity index (χ1n) is 5.21. The molecule has 4 N–H and O–H groups in total. The molecule has 2 rings (SSSR count). The van der Waals surface area contributed by atoms with Gasteiger partial charge in [0.1, 0.15) is 18.0 Å². The van der Waals surface area contributed by atoms with Crippen LogP contribution >= 0.6 is 0 Å². The van der Waals surface area contributed by atoms with Gasteiger partial charge in [-0.3, -0.25) is 4.68 Å². The molecule has 0 saturated heterocycles. The summed E-state index contributed by atoms with van der Waals surface area (Å²) >= 11 is 0. The van der Waals surface area contributed by atoms with Gasteiger partial charge < -0.3 is 10.7 Å². The summed E-state index contributed by atoms with van der Waals surface area (Å²) in [6.07, 6.45) is 3.23. The van der Waals surface area contributed by atoms with Gasteiger partial charge in [0.2, 0.25) is 0 Å². The normalized spacial score (nSPS) is 10.3. The number of nitrogens with zero attached hydrogens (tertiary/aromatic N) is 4. The second-order valence-corrected chi connectivity index (χ2v) is 3.64. The van der Waals surface area contributed by atoms with Gasteiger partial charge in [-0.15, -0.1) is 0 Å². The van der Waals surface area contributed by atoms with Gasteiger partial charge in [-0.1, -0.05) is 0 Å². The molecule has 0 bridgehead atoms. The number of anilines is 2. The van der Waals surface area contributed by atoms with Crippen LogP contribution in [0.25, 0.3) is 0 Å². The van der Waals surface area contributed by atoms with E-state index < -0.39 is 0 Å². The fourth-order valence-corrected chi connectivity index (χ4v) is 1.52. The van der Waals surface area contributed by atoms with Gasteiger partial charge in [-0.25, -0.2) is 15.8 Å². The van der Waals surface area contributed by atoms with E-state index in [1.807, 2.05) is 24.7 Å². The van der Waals surface area contributed by atoms with Crippen LogP contribution in [0.3, 0.4) is 0 Å². The van der Waals surface area contributed by atoms with Gasteiger partial charge in [0.05, 0.1) is 12.2 Å². The van der Waals surface area contributed by atoms with Gasteiger partial charge in [-0.05, 0) is 13.0 Å². The molecule has 0 spiro atoms. The molecule has 2 heterocycles. The van der Waals surface area contributed by atoms with Gasteiger partial charge in [-0.2, -0.15) is 5.10 Å². The van der Waals surface area contributed by atoms with Crippen molar-refractivity contribution in [3.05, 3.63) is 29.8 Å². The molecule has 0 aromatic carbocycles. The first-order valence-corrected chi connectivity index (χ1v) is 5.21. The number of nitrogen functional groups attached to an aromatic ring is 1. The number of aromatic nitrogens is 4. The average Bonchev–Trinajstić information content (AvgIpc) is 2.74. The molecule has 0 radical (unpaired) electrons. The molecular weight excluding hydrogens is 218 g/mol. The Bertz CT molecular complexity index is 505. The molecule has 17 heavy (non-hydrogen) atoms. The van der Waals surface area contributed by atoms with Crippen LogP contribution in [0.4, 0.5) is 11.6 Å². The number of hydrogen-bond donors (Lipinski definition) is 3. The third kappa shape index (κ3) is 2.34. The van der Waals surface area contributed by atoms with Crippen LogP contribution in [0.5, 0.6) is 0 Å². The number of rotatable bonds is 4. The van der Waals surface area contributed by atoms with Crippen LogP contribution in [0, 0.1) is 6.92 Å². The van der Waals surface area contributed by atoms with Crippen molar-refractivity contribution < 1.29 is 0 Å². The SMILES string of the molecule is Cc1c(NN)ncnc1NCc1ccnn1C. The second-order valence-electron chi connectivity index (χ2n) is 3.64. The van der Waals surface area contributed by atoms with Crippen molar-refractivity contribution in [2.24, 2.45) is 12.9 Å². The molecule has 0 aliphatic heterocycles. The van der Waals surface area contributed by atoms with E-state index in [1.54, 1.807) is 6.20 Å². The highest BCUT2D eigenvalue weighted by Gasteiger charge is 2.06. The van der Waals surface area contributed by atoms with Crippen molar-refractivity contribution >= 4 is 11.6 Å². The minimum absolute atomic E-state index is 0.618. The summed E-state index contributed by atoms with van der Waals surface area (Å²) in [4.78, 5) is 8.18. The molecular formula is C10H15N7. The standard InChI is InChI=1S/C10H15N7/c1-7-9(13-6-14-10(7)16-11)12-5-8-3-4-15-17(8)2/h3-4,6H,5,11H2,1-2H3,(H2,12,13,14,16). The molecule has 0 aliphatic rings. The van der Waals surface area contributed by atoms with Crippen molar-refractivity contribution in [1.29, 1.82) is 0 Å². The molecule has 0 aliphatic carbocycles. The third-order valence-electron chi connectivity index (χ3n) is 2.58. The van der Waals surface area contributed by atoms with E-state index in [0.717, 1.165) is 17.1 Å². The number of nitrogens with one attached hydrogen (secondary N) is 2. The summed E-state index contributed by atoms with van der Waals surface area (Å²) in [6.45, 7) is 2.55. The maximum Gasteiger partial charge on any atom is 0.148 e. The van der Waals surface area contributed by atoms with E-state index in [2.05, 4.69) is 25.8 Å². The Morgan fingerprint density at radius 1 is 1.35 bits per heavy atom. The van der Waals surface area contributed by atoms with Gasteiger partial charge >= 0.3 is 0 Å². The number of aryl methyl sites for hydroxylation is 1. The summed E-state index contributed by atoms with van der Waals surface area (Å²) in [5, 5.41) is 7.32. The zero-order chi connectivity index (χ0) is 12.3. The number of nitrogens with two attached hydrogens (primary N) is 1. The van der Waals surface area contributed by atoms with Crippen LogP contribution < -0.4 is 16.6 Å². The molecule has 0 saturated carbocycles.